The summed E-state index contributed by atoms with van der Waals surface area (Å²) in [6, 6.07) is 22.7. The van der Waals surface area contributed by atoms with Crippen LogP contribution in [0.2, 0.25) is 0 Å². The monoisotopic (exact) mass is 482 g/mol. The average Bonchev–Trinajstić information content (AvgIpc) is 3.31. The molecule has 4 aromatic rings. The fourth-order valence-electron chi connectivity index (χ4n) is 3.83. The van der Waals surface area contributed by atoms with E-state index in [-0.39, 0.29) is 6.61 Å². The standard InChI is InChI=1S/C28H26N4O4/c1-3-35-27(33)19(2)32(22-7-5-4-6-8-22)28(34)36-23-14-15-24-25(17-23)31-26(30-24)16-13-20-9-11-21(18-29)12-10-20/h4-12,14-15,17,19H,3,13,16H2,1-2H3,(H,30,31). The summed E-state index contributed by atoms with van der Waals surface area (Å²) < 4.78 is 10.8. The van der Waals surface area contributed by atoms with Gasteiger partial charge in [-0.2, -0.15) is 5.26 Å². The van der Waals surface area contributed by atoms with E-state index in [0.29, 0.717) is 23.4 Å². The summed E-state index contributed by atoms with van der Waals surface area (Å²) in [5, 5.41) is 8.94. The first-order valence-corrected chi connectivity index (χ1v) is 11.7. The van der Waals surface area contributed by atoms with Crippen LogP contribution in [0.25, 0.3) is 11.0 Å². The number of anilines is 1. The molecule has 0 radical (unpaired) electrons. The van der Waals surface area contributed by atoms with Gasteiger partial charge < -0.3 is 14.5 Å². The van der Waals surface area contributed by atoms with Gasteiger partial charge in [0.1, 0.15) is 17.6 Å². The molecule has 1 aromatic heterocycles. The predicted octanol–water partition coefficient (Wildman–Crippen LogP) is 5.18. The largest absolute Gasteiger partial charge is 0.464 e. The molecule has 8 nitrogen and oxygen atoms in total. The van der Waals surface area contributed by atoms with Gasteiger partial charge in [-0.05, 0) is 62.2 Å². The Hall–Kier alpha value is -4.64. The summed E-state index contributed by atoms with van der Waals surface area (Å²) in [4.78, 5) is 34.7. The summed E-state index contributed by atoms with van der Waals surface area (Å²) >= 11 is 0. The van der Waals surface area contributed by atoms with Gasteiger partial charge in [0, 0.05) is 18.2 Å². The van der Waals surface area contributed by atoms with E-state index < -0.39 is 18.1 Å². The van der Waals surface area contributed by atoms with Crippen LogP contribution >= 0.6 is 0 Å². The molecule has 36 heavy (non-hydrogen) atoms. The van der Waals surface area contributed by atoms with Crippen LogP contribution in [0.3, 0.4) is 0 Å². The van der Waals surface area contributed by atoms with Gasteiger partial charge in [-0.3, -0.25) is 4.90 Å². The van der Waals surface area contributed by atoms with E-state index in [2.05, 4.69) is 16.0 Å². The van der Waals surface area contributed by atoms with Crippen molar-refractivity contribution in [3.63, 3.8) is 0 Å². The van der Waals surface area contributed by atoms with Gasteiger partial charge in [-0.15, -0.1) is 0 Å². The third kappa shape index (κ3) is 5.70. The molecule has 0 spiro atoms. The summed E-state index contributed by atoms with van der Waals surface area (Å²) in [7, 11) is 0. The number of fused-ring (bicyclic) bond motifs is 1. The molecular weight excluding hydrogens is 456 g/mol. The molecule has 3 aromatic carbocycles. The van der Waals surface area contributed by atoms with Crippen molar-refractivity contribution in [3.8, 4) is 11.8 Å². The van der Waals surface area contributed by atoms with Crippen LogP contribution < -0.4 is 9.64 Å². The number of para-hydroxylation sites is 1. The van der Waals surface area contributed by atoms with Crippen LogP contribution in [0.4, 0.5) is 10.5 Å². The molecule has 1 atom stereocenters. The minimum absolute atomic E-state index is 0.213. The molecule has 0 bridgehead atoms. The van der Waals surface area contributed by atoms with Crippen LogP contribution in [-0.4, -0.2) is 34.7 Å². The molecule has 1 unspecified atom stereocenters. The third-order valence-corrected chi connectivity index (χ3v) is 5.69. The fourth-order valence-corrected chi connectivity index (χ4v) is 3.83. The molecule has 0 aliphatic heterocycles. The predicted molar refractivity (Wildman–Crippen MR) is 136 cm³/mol. The van der Waals surface area contributed by atoms with Crippen molar-refractivity contribution in [1.29, 1.82) is 5.26 Å². The SMILES string of the molecule is CCOC(=O)C(C)N(C(=O)Oc1ccc2nc(CCc3ccc(C#N)cc3)[nH]c2c1)c1ccccc1. The molecule has 8 heteroatoms. The number of ether oxygens (including phenoxy) is 2. The van der Waals surface area contributed by atoms with E-state index in [1.165, 1.54) is 4.90 Å². The Bertz CT molecular complexity index is 1390. The molecule has 1 N–H and O–H groups in total. The van der Waals surface area contributed by atoms with Gasteiger partial charge in [-0.1, -0.05) is 30.3 Å². The lowest BCUT2D eigenvalue weighted by Crippen LogP contribution is -2.45. The first-order chi connectivity index (χ1) is 17.5. The zero-order valence-corrected chi connectivity index (χ0v) is 20.1. The highest BCUT2D eigenvalue weighted by Gasteiger charge is 2.30. The number of esters is 1. The molecule has 4 rings (SSSR count). The summed E-state index contributed by atoms with van der Waals surface area (Å²) in [6.45, 7) is 3.53. The minimum atomic E-state index is -0.871. The minimum Gasteiger partial charge on any atom is -0.464 e. The smallest absolute Gasteiger partial charge is 0.420 e. The number of H-pyrrole nitrogens is 1. The lowest BCUT2D eigenvalue weighted by Gasteiger charge is -2.26. The number of nitrogens with one attached hydrogen (secondary N) is 1. The second kappa shape index (κ2) is 11.2. The molecule has 0 aliphatic carbocycles. The Morgan fingerprint density at radius 2 is 1.81 bits per heavy atom. The summed E-state index contributed by atoms with van der Waals surface area (Å²) in [5.41, 5.74) is 3.76. The molecule has 1 amide bonds. The van der Waals surface area contributed by atoms with Crippen LogP contribution in [0.1, 0.15) is 30.8 Å². The number of hydrogen-bond donors (Lipinski definition) is 1. The normalized spacial score (nSPS) is 11.5. The maximum absolute atomic E-state index is 13.2. The van der Waals surface area contributed by atoms with E-state index in [1.807, 2.05) is 18.2 Å². The van der Waals surface area contributed by atoms with Gasteiger partial charge in [0.15, 0.2) is 0 Å². The summed E-state index contributed by atoms with van der Waals surface area (Å²) in [6.07, 6.45) is 0.765. The number of hydrogen-bond acceptors (Lipinski definition) is 6. The van der Waals surface area contributed by atoms with Crippen LogP contribution in [0, 0.1) is 11.3 Å². The second-order valence-electron chi connectivity index (χ2n) is 8.17. The maximum atomic E-state index is 13.2. The van der Waals surface area contributed by atoms with E-state index in [4.69, 9.17) is 14.7 Å². The van der Waals surface area contributed by atoms with E-state index >= 15 is 0 Å². The molecule has 182 valence electrons. The van der Waals surface area contributed by atoms with Crippen molar-refractivity contribution in [2.45, 2.75) is 32.7 Å². The number of rotatable bonds is 8. The lowest BCUT2D eigenvalue weighted by molar-refractivity contribution is -0.144. The highest BCUT2D eigenvalue weighted by Crippen LogP contribution is 2.23. The molecular formula is C28H26N4O4. The number of aryl methyl sites for hydroxylation is 2. The lowest BCUT2D eigenvalue weighted by atomic mass is 10.1. The molecule has 1 heterocycles. The number of aromatic nitrogens is 2. The van der Waals surface area contributed by atoms with Crippen molar-refractivity contribution < 1.29 is 19.1 Å². The maximum Gasteiger partial charge on any atom is 0.420 e. The number of nitriles is 1. The Morgan fingerprint density at radius 1 is 1.06 bits per heavy atom. The van der Waals surface area contributed by atoms with Crippen molar-refractivity contribution in [3.05, 3.63) is 89.7 Å². The van der Waals surface area contributed by atoms with Gasteiger partial charge in [0.25, 0.3) is 0 Å². The van der Waals surface area contributed by atoms with E-state index in [1.54, 1.807) is 68.4 Å². The molecule has 0 aliphatic rings. The molecule has 0 fully saturated rings. The fraction of sp³-hybridized carbons (Fsp3) is 0.214. The Morgan fingerprint density at radius 3 is 2.50 bits per heavy atom. The first-order valence-electron chi connectivity index (χ1n) is 11.7. The third-order valence-electron chi connectivity index (χ3n) is 5.69. The number of amides is 1. The Balaban J connectivity index is 1.49. The number of carbonyl (C=O) groups excluding carboxylic acids is 2. The van der Waals surface area contributed by atoms with Gasteiger partial charge in [0.05, 0.1) is 29.3 Å². The zero-order valence-electron chi connectivity index (χ0n) is 20.1. The highest BCUT2D eigenvalue weighted by atomic mass is 16.6. The Labute approximate surface area is 209 Å². The van der Waals surface area contributed by atoms with E-state index in [9.17, 15) is 9.59 Å². The van der Waals surface area contributed by atoms with Crippen LogP contribution in [0.15, 0.2) is 72.8 Å². The van der Waals surface area contributed by atoms with Gasteiger partial charge >= 0.3 is 12.1 Å². The van der Waals surface area contributed by atoms with Crippen molar-refractivity contribution >= 4 is 28.8 Å². The highest BCUT2D eigenvalue weighted by molar-refractivity contribution is 5.96. The average molecular weight is 483 g/mol. The van der Waals surface area contributed by atoms with Crippen molar-refractivity contribution in [2.75, 3.05) is 11.5 Å². The summed E-state index contributed by atoms with van der Waals surface area (Å²) in [5.74, 6) is 0.612. The van der Waals surface area contributed by atoms with Crippen LogP contribution in [0.5, 0.6) is 5.75 Å². The molecule has 0 saturated carbocycles. The van der Waals surface area contributed by atoms with Crippen molar-refractivity contribution in [1.82, 2.24) is 9.97 Å². The van der Waals surface area contributed by atoms with E-state index in [0.717, 1.165) is 28.8 Å². The molecule has 0 saturated heterocycles. The van der Waals surface area contributed by atoms with Crippen molar-refractivity contribution in [2.24, 2.45) is 0 Å². The topological polar surface area (TPSA) is 108 Å². The van der Waals surface area contributed by atoms with Crippen LogP contribution in [-0.2, 0) is 22.4 Å². The Kier molecular flexibility index (Phi) is 7.61. The number of benzene rings is 3. The number of imidazole rings is 1. The quantitative estimate of drug-likeness (QED) is 0.347. The zero-order chi connectivity index (χ0) is 25.5. The number of carbonyl (C=O) groups is 2. The second-order valence-corrected chi connectivity index (χ2v) is 8.17. The van der Waals surface area contributed by atoms with Gasteiger partial charge in [0.2, 0.25) is 0 Å². The number of nitrogens with zero attached hydrogens (tertiary/aromatic N) is 3. The van der Waals surface area contributed by atoms with Gasteiger partial charge in [-0.25, -0.2) is 14.6 Å². The first kappa shape index (κ1) is 24.5. The number of aromatic amines is 1.